The van der Waals surface area contributed by atoms with E-state index >= 15 is 0 Å². The van der Waals surface area contributed by atoms with Gasteiger partial charge >= 0.3 is 0 Å². The van der Waals surface area contributed by atoms with Crippen LogP contribution in [0.25, 0.3) is 0 Å². The van der Waals surface area contributed by atoms with Crippen LogP contribution < -0.4 is 15.4 Å². The average Bonchev–Trinajstić information content (AvgIpc) is 3.26. The summed E-state index contributed by atoms with van der Waals surface area (Å²) < 4.78 is 25.9. The summed E-state index contributed by atoms with van der Waals surface area (Å²) in [4.78, 5) is 40.3. The molecule has 1 saturated carbocycles. The highest BCUT2D eigenvalue weighted by molar-refractivity contribution is 7.91. The molecule has 3 amide bonds. The summed E-state index contributed by atoms with van der Waals surface area (Å²) in [5.41, 5.74) is -0.498. The molecular formula is C21H36N4O6S. The standard InChI is InChI=1S/C21H36N4O6S/c1-6-8-14(17(27)24-32(30,31)21(5)10-11-21)23-18(28)15-9-7-12-25(15)19(29)16(22-13-26)20(2,3)4/h6,14-16,22,26H,1,7-13H2,2-5H3,(H,23,28)(H,24,27). The highest BCUT2D eigenvalue weighted by atomic mass is 32.2. The first kappa shape index (κ1) is 26.3. The van der Waals surface area contributed by atoms with Crippen molar-refractivity contribution in [1.29, 1.82) is 0 Å². The van der Waals surface area contributed by atoms with E-state index in [1.807, 2.05) is 20.8 Å². The van der Waals surface area contributed by atoms with Crippen LogP contribution in [-0.4, -0.2) is 72.3 Å². The van der Waals surface area contributed by atoms with Crippen LogP contribution in [0.1, 0.15) is 59.8 Å². The van der Waals surface area contributed by atoms with E-state index in [4.69, 9.17) is 0 Å². The van der Waals surface area contributed by atoms with E-state index < -0.39 is 50.1 Å². The summed E-state index contributed by atoms with van der Waals surface area (Å²) >= 11 is 0. The minimum Gasteiger partial charge on any atom is -0.381 e. The number of nitrogens with one attached hydrogen (secondary N) is 3. The zero-order valence-corrected chi connectivity index (χ0v) is 20.1. The van der Waals surface area contributed by atoms with Crippen molar-refractivity contribution < 1.29 is 27.9 Å². The van der Waals surface area contributed by atoms with Crippen LogP contribution in [0.15, 0.2) is 12.7 Å². The van der Waals surface area contributed by atoms with E-state index in [0.29, 0.717) is 32.2 Å². The lowest BCUT2D eigenvalue weighted by Crippen LogP contribution is -2.58. The van der Waals surface area contributed by atoms with Gasteiger partial charge in [-0.2, -0.15) is 0 Å². The smallest absolute Gasteiger partial charge is 0.256 e. The molecule has 1 aliphatic carbocycles. The minimum absolute atomic E-state index is 0.0428. The summed E-state index contributed by atoms with van der Waals surface area (Å²) in [5.74, 6) is -1.65. The van der Waals surface area contributed by atoms with Crippen LogP contribution in [0.2, 0.25) is 0 Å². The summed E-state index contributed by atoms with van der Waals surface area (Å²) in [6.07, 6.45) is 3.46. The lowest BCUT2D eigenvalue weighted by atomic mass is 9.85. The fourth-order valence-electron chi connectivity index (χ4n) is 3.76. The molecule has 0 aromatic heterocycles. The van der Waals surface area contributed by atoms with Crippen molar-refractivity contribution in [2.24, 2.45) is 5.41 Å². The van der Waals surface area contributed by atoms with Gasteiger partial charge in [0.05, 0.1) is 17.5 Å². The van der Waals surface area contributed by atoms with Crippen LogP contribution in [0.5, 0.6) is 0 Å². The molecule has 0 bridgehead atoms. The Bertz CT molecular complexity index is 847. The second kappa shape index (κ2) is 9.88. The van der Waals surface area contributed by atoms with Gasteiger partial charge in [-0.15, -0.1) is 6.58 Å². The van der Waals surface area contributed by atoms with Crippen molar-refractivity contribution in [3.63, 3.8) is 0 Å². The maximum atomic E-state index is 13.1. The van der Waals surface area contributed by atoms with E-state index in [9.17, 15) is 27.9 Å². The van der Waals surface area contributed by atoms with Crippen molar-refractivity contribution in [3.05, 3.63) is 12.7 Å². The second-order valence-electron chi connectivity index (χ2n) is 9.86. The number of carbonyl (C=O) groups is 3. The normalized spacial score (nSPS) is 22.0. The van der Waals surface area contributed by atoms with Gasteiger partial charge in [0.25, 0.3) is 5.91 Å². The van der Waals surface area contributed by atoms with Crippen molar-refractivity contribution >= 4 is 27.7 Å². The first-order valence-electron chi connectivity index (χ1n) is 10.9. The maximum Gasteiger partial charge on any atom is 0.256 e. The van der Waals surface area contributed by atoms with E-state index in [1.165, 1.54) is 11.0 Å². The van der Waals surface area contributed by atoms with Crippen LogP contribution >= 0.6 is 0 Å². The average molecular weight is 473 g/mol. The second-order valence-corrected chi connectivity index (χ2v) is 12.1. The first-order valence-corrected chi connectivity index (χ1v) is 12.4. The number of likely N-dealkylation sites (tertiary alicyclic amines) is 1. The maximum absolute atomic E-state index is 13.1. The minimum atomic E-state index is -3.84. The fourth-order valence-corrected chi connectivity index (χ4v) is 5.05. The molecule has 11 heteroatoms. The summed E-state index contributed by atoms with van der Waals surface area (Å²) in [6.45, 7) is 10.7. The molecular weight excluding hydrogens is 436 g/mol. The molecule has 0 radical (unpaired) electrons. The summed E-state index contributed by atoms with van der Waals surface area (Å²) in [5, 5.41) is 14.7. The number of nitrogens with zero attached hydrogens (tertiary/aromatic N) is 1. The number of aliphatic hydroxyl groups is 1. The van der Waals surface area contributed by atoms with Gasteiger partial charge in [0.1, 0.15) is 12.1 Å². The predicted octanol–water partition coefficient (Wildman–Crippen LogP) is -0.00910. The third-order valence-corrected chi connectivity index (χ3v) is 8.30. The SMILES string of the molecule is C=CCC(NC(=O)C1CCCN1C(=O)C(NCO)C(C)(C)C)C(=O)NS(=O)(=O)C1(C)CC1. The lowest BCUT2D eigenvalue weighted by Gasteiger charge is -2.35. The third kappa shape index (κ3) is 5.87. The van der Waals surface area contributed by atoms with Gasteiger partial charge < -0.3 is 15.3 Å². The van der Waals surface area contributed by atoms with E-state index in [-0.39, 0.29) is 19.1 Å². The Morgan fingerprint density at radius 1 is 1.28 bits per heavy atom. The van der Waals surface area contributed by atoms with Gasteiger partial charge in [-0.1, -0.05) is 26.8 Å². The van der Waals surface area contributed by atoms with Crippen LogP contribution in [-0.2, 0) is 24.4 Å². The Hall–Kier alpha value is -1.98. The number of hydrogen-bond acceptors (Lipinski definition) is 7. The molecule has 0 aromatic rings. The Morgan fingerprint density at radius 3 is 2.41 bits per heavy atom. The first-order chi connectivity index (χ1) is 14.8. The zero-order chi connectivity index (χ0) is 24.3. The Morgan fingerprint density at radius 2 is 1.91 bits per heavy atom. The molecule has 3 unspecified atom stereocenters. The predicted molar refractivity (Wildman–Crippen MR) is 120 cm³/mol. The molecule has 0 aromatic carbocycles. The topological polar surface area (TPSA) is 145 Å². The molecule has 1 saturated heterocycles. The molecule has 2 aliphatic rings. The van der Waals surface area contributed by atoms with Crippen LogP contribution in [0, 0.1) is 5.41 Å². The largest absolute Gasteiger partial charge is 0.381 e. The molecule has 1 heterocycles. The third-order valence-electron chi connectivity index (χ3n) is 6.12. The van der Waals surface area contributed by atoms with Gasteiger partial charge in [-0.3, -0.25) is 24.4 Å². The monoisotopic (exact) mass is 472 g/mol. The highest BCUT2D eigenvalue weighted by Crippen LogP contribution is 2.42. The molecule has 2 rings (SSSR count). The number of rotatable bonds is 10. The number of sulfonamides is 1. The van der Waals surface area contributed by atoms with Gasteiger partial charge in [0, 0.05) is 6.54 Å². The van der Waals surface area contributed by atoms with Crippen molar-refractivity contribution in [2.45, 2.75) is 82.7 Å². The van der Waals surface area contributed by atoms with Crippen molar-refractivity contribution in [1.82, 2.24) is 20.3 Å². The number of carbonyl (C=O) groups excluding carboxylic acids is 3. The molecule has 4 N–H and O–H groups in total. The molecule has 32 heavy (non-hydrogen) atoms. The van der Waals surface area contributed by atoms with E-state index in [2.05, 4.69) is 21.9 Å². The van der Waals surface area contributed by atoms with Crippen molar-refractivity contribution in [2.75, 3.05) is 13.3 Å². The van der Waals surface area contributed by atoms with Gasteiger partial charge in [-0.05, 0) is 44.4 Å². The Balaban J connectivity index is 2.12. The molecule has 182 valence electrons. The zero-order valence-electron chi connectivity index (χ0n) is 19.3. The molecule has 2 fully saturated rings. The van der Waals surface area contributed by atoms with Gasteiger partial charge in [0.15, 0.2) is 0 Å². The molecule has 1 aliphatic heterocycles. The highest BCUT2D eigenvalue weighted by Gasteiger charge is 2.51. The van der Waals surface area contributed by atoms with Crippen LogP contribution in [0.4, 0.5) is 0 Å². The Labute approximate surface area is 190 Å². The number of aliphatic hydroxyl groups excluding tert-OH is 1. The molecule has 10 nitrogen and oxygen atoms in total. The number of hydrogen-bond donors (Lipinski definition) is 4. The summed E-state index contributed by atoms with van der Waals surface area (Å²) in [7, 11) is -3.84. The van der Waals surface area contributed by atoms with E-state index in [1.54, 1.807) is 6.92 Å². The lowest BCUT2D eigenvalue weighted by molar-refractivity contribution is -0.143. The Kier molecular flexibility index (Phi) is 8.11. The van der Waals surface area contributed by atoms with Gasteiger partial charge in [-0.25, -0.2) is 8.42 Å². The van der Waals surface area contributed by atoms with Crippen LogP contribution in [0.3, 0.4) is 0 Å². The number of amides is 3. The molecule has 0 spiro atoms. The van der Waals surface area contributed by atoms with Crippen molar-refractivity contribution in [3.8, 4) is 0 Å². The quantitative estimate of drug-likeness (QED) is 0.258. The van der Waals surface area contributed by atoms with Gasteiger partial charge in [0.2, 0.25) is 21.8 Å². The summed E-state index contributed by atoms with van der Waals surface area (Å²) in [6, 6.07) is -2.60. The fraction of sp³-hybridized carbons (Fsp3) is 0.762. The molecule has 3 atom stereocenters. The van der Waals surface area contributed by atoms with E-state index in [0.717, 1.165) is 0 Å².